The summed E-state index contributed by atoms with van der Waals surface area (Å²) in [5, 5.41) is 17.3. The molecule has 0 fully saturated rings. The number of thiazole rings is 1. The van der Waals surface area contributed by atoms with E-state index in [-0.39, 0.29) is 34.4 Å². The van der Waals surface area contributed by atoms with E-state index < -0.39 is 22.6 Å². The van der Waals surface area contributed by atoms with Crippen LogP contribution in [0.15, 0.2) is 36.8 Å². The molecule has 3 aromatic rings. The van der Waals surface area contributed by atoms with Gasteiger partial charge in [-0.25, -0.2) is 4.98 Å². The zero-order valence-corrected chi connectivity index (χ0v) is 15.9. The van der Waals surface area contributed by atoms with Crippen molar-refractivity contribution in [3.63, 3.8) is 0 Å². The largest absolute Gasteiger partial charge is 0.416 e. The van der Waals surface area contributed by atoms with Gasteiger partial charge in [0.25, 0.3) is 0 Å². The van der Waals surface area contributed by atoms with Crippen LogP contribution in [0.4, 0.5) is 24.0 Å². The Hall–Kier alpha value is -2.99. The molecule has 0 aliphatic rings. The van der Waals surface area contributed by atoms with Gasteiger partial charge in [0.15, 0.2) is 5.13 Å². The molecular weight excluding hydrogens is 435 g/mol. The maximum Gasteiger partial charge on any atom is 0.416 e. The molecular formula is C16H11ClF3N5O3S. The van der Waals surface area contributed by atoms with Crippen LogP contribution in [-0.4, -0.2) is 25.6 Å². The molecule has 13 heteroatoms. The lowest BCUT2D eigenvalue weighted by Gasteiger charge is -2.09. The predicted octanol–water partition coefficient (Wildman–Crippen LogP) is 4.15. The number of carbonyl (C=O) groups is 1. The zero-order chi connectivity index (χ0) is 21.2. The van der Waals surface area contributed by atoms with Crippen LogP contribution in [-0.2, 0) is 23.9 Å². The third-order valence-corrected chi connectivity index (χ3v) is 4.96. The highest BCUT2D eigenvalue weighted by Gasteiger charge is 2.31. The predicted molar refractivity (Wildman–Crippen MR) is 98.9 cm³/mol. The summed E-state index contributed by atoms with van der Waals surface area (Å²) in [5.41, 5.74) is -0.762. The summed E-state index contributed by atoms with van der Waals surface area (Å²) in [7, 11) is 0. The van der Waals surface area contributed by atoms with Crippen LogP contribution in [0.3, 0.4) is 0 Å². The molecule has 0 saturated carbocycles. The molecule has 2 aromatic heterocycles. The Balaban J connectivity index is 1.65. The minimum absolute atomic E-state index is 0.113. The Labute approximate surface area is 170 Å². The standard InChI is InChI=1S/C16H11ClF3N5O3S/c17-13-2-1-10(16(18,19)20)3-9(13)4-12-6-21-15(29-12)23-14(26)8-24-7-11(5-22-24)25(27)28/h1-3,5-7H,4,8H2,(H,21,23,26). The SMILES string of the molecule is O=C(Cn1cc([N+](=O)[O-])cn1)Nc1ncc(Cc2cc(C(F)(F)F)ccc2Cl)s1. The summed E-state index contributed by atoms with van der Waals surface area (Å²) in [6.45, 7) is -0.262. The normalized spacial score (nSPS) is 11.4. The fraction of sp³-hybridized carbons (Fsp3) is 0.188. The van der Waals surface area contributed by atoms with Crippen LogP contribution >= 0.6 is 22.9 Å². The number of nitrogens with one attached hydrogen (secondary N) is 1. The number of anilines is 1. The van der Waals surface area contributed by atoms with E-state index >= 15 is 0 Å². The Kier molecular flexibility index (Phi) is 5.84. The van der Waals surface area contributed by atoms with Crippen LogP contribution in [0.25, 0.3) is 0 Å². The first-order valence-corrected chi connectivity index (χ1v) is 9.08. The van der Waals surface area contributed by atoms with E-state index in [0.29, 0.717) is 4.88 Å². The first kappa shape index (κ1) is 20.7. The molecule has 2 heterocycles. The Morgan fingerprint density at radius 2 is 2.10 bits per heavy atom. The summed E-state index contributed by atoms with van der Waals surface area (Å²) in [5.74, 6) is -0.513. The van der Waals surface area contributed by atoms with Crippen LogP contribution < -0.4 is 5.32 Å². The first-order valence-electron chi connectivity index (χ1n) is 7.89. The molecule has 0 spiro atoms. The monoisotopic (exact) mass is 445 g/mol. The van der Waals surface area contributed by atoms with E-state index in [1.54, 1.807) is 0 Å². The van der Waals surface area contributed by atoms with Gasteiger partial charge in [0.2, 0.25) is 5.91 Å². The average molecular weight is 446 g/mol. The molecule has 0 aliphatic carbocycles. The van der Waals surface area contributed by atoms with Gasteiger partial charge in [-0.1, -0.05) is 11.6 Å². The number of hydrogen-bond donors (Lipinski definition) is 1. The van der Waals surface area contributed by atoms with E-state index in [1.165, 1.54) is 12.3 Å². The van der Waals surface area contributed by atoms with Crippen molar-refractivity contribution in [2.75, 3.05) is 5.32 Å². The lowest BCUT2D eigenvalue weighted by molar-refractivity contribution is -0.385. The van der Waals surface area contributed by atoms with Crippen molar-refractivity contribution in [3.05, 3.63) is 67.9 Å². The van der Waals surface area contributed by atoms with Crippen molar-refractivity contribution in [3.8, 4) is 0 Å². The quantitative estimate of drug-likeness (QED) is 0.453. The number of rotatable bonds is 6. The second-order valence-corrected chi connectivity index (χ2v) is 7.34. The summed E-state index contributed by atoms with van der Waals surface area (Å²) >= 11 is 7.07. The molecule has 0 bridgehead atoms. The van der Waals surface area contributed by atoms with E-state index in [0.717, 1.165) is 40.5 Å². The van der Waals surface area contributed by atoms with E-state index in [9.17, 15) is 28.1 Å². The summed E-state index contributed by atoms with van der Waals surface area (Å²) in [6.07, 6.45) is -0.804. The minimum Gasteiger partial charge on any atom is -0.300 e. The van der Waals surface area contributed by atoms with Crippen LogP contribution in [0, 0.1) is 10.1 Å². The number of halogens is 4. The Morgan fingerprint density at radius 1 is 1.34 bits per heavy atom. The van der Waals surface area contributed by atoms with Crippen molar-refractivity contribution in [1.82, 2.24) is 14.8 Å². The fourth-order valence-electron chi connectivity index (χ4n) is 2.36. The minimum atomic E-state index is -4.48. The van der Waals surface area contributed by atoms with Gasteiger partial charge in [0.05, 0.1) is 10.5 Å². The molecule has 1 aromatic carbocycles. The molecule has 1 N–H and O–H groups in total. The van der Waals surface area contributed by atoms with Crippen LogP contribution in [0.2, 0.25) is 5.02 Å². The number of nitro groups is 1. The molecule has 29 heavy (non-hydrogen) atoms. The maximum atomic E-state index is 12.9. The van der Waals surface area contributed by atoms with Crippen molar-refractivity contribution in [2.45, 2.75) is 19.1 Å². The fourth-order valence-corrected chi connectivity index (χ4v) is 3.40. The van der Waals surface area contributed by atoms with Crippen molar-refractivity contribution in [1.29, 1.82) is 0 Å². The maximum absolute atomic E-state index is 12.9. The van der Waals surface area contributed by atoms with Gasteiger partial charge in [-0.15, -0.1) is 11.3 Å². The highest BCUT2D eigenvalue weighted by molar-refractivity contribution is 7.15. The molecule has 0 saturated heterocycles. The van der Waals surface area contributed by atoms with E-state index in [4.69, 9.17) is 11.6 Å². The first-order chi connectivity index (χ1) is 13.6. The molecule has 152 valence electrons. The lowest BCUT2D eigenvalue weighted by atomic mass is 10.1. The summed E-state index contributed by atoms with van der Waals surface area (Å²) in [4.78, 5) is 26.6. The van der Waals surface area contributed by atoms with Crippen molar-refractivity contribution < 1.29 is 22.9 Å². The van der Waals surface area contributed by atoms with Gasteiger partial charge in [-0.3, -0.25) is 19.6 Å². The Morgan fingerprint density at radius 3 is 2.76 bits per heavy atom. The zero-order valence-electron chi connectivity index (χ0n) is 14.3. The second-order valence-electron chi connectivity index (χ2n) is 5.81. The molecule has 8 nitrogen and oxygen atoms in total. The molecule has 0 unspecified atom stereocenters. The summed E-state index contributed by atoms with van der Waals surface area (Å²) < 4.78 is 39.7. The van der Waals surface area contributed by atoms with Gasteiger partial charge < -0.3 is 5.32 Å². The molecule has 0 radical (unpaired) electrons. The molecule has 1 amide bonds. The number of amides is 1. The second kappa shape index (κ2) is 8.17. The van der Waals surface area contributed by atoms with Gasteiger partial charge in [-0.2, -0.15) is 18.3 Å². The third-order valence-electron chi connectivity index (χ3n) is 3.67. The van der Waals surface area contributed by atoms with Gasteiger partial charge in [0, 0.05) is 22.5 Å². The van der Waals surface area contributed by atoms with Gasteiger partial charge in [-0.05, 0) is 23.8 Å². The van der Waals surface area contributed by atoms with Crippen LogP contribution in [0.1, 0.15) is 16.0 Å². The lowest BCUT2D eigenvalue weighted by Crippen LogP contribution is -2.18. The number of aromatic nitrogens is 3. The smallest absolute Gasteiger partial charge is 0.300 e. The van der Waals surface area contributed by atoms with E-state index in [1.807, 2.05) is 0 Å². The molecule has 0 aliphatic heterocycles. The van der Waals surface area contributed by atoms with Crippen molar-refractivity contribution in [2.24, 2.45) is 0 Å². The number of hydrogen-bond acceptors (Lipinski definition) is 6. The van der Waals surface area contributed by atoms with Gasteiger partial charge in [0.1, 0.15) is 18.9 Å². The van der Waals surface area contributed by atoms with Crippen LogP contribution in [0.5, 0.6) is 0 Å². The number of benzene rings is 1. The number of carbonyl (C=O) groups excluding carboxylic acids is 1. The Bertz CT molecular complexity index is 1070. The third kappa shape index (κ3) is 5.29. The van der Waals surface area contributed by atoms with Gasteiger partial charge >= 0.3 is 11.9 Å². The highest BCUT2D eigenvalue weighted by atomic mass is 35.5. The highest BCUT2D eigenvalue weighted by Crippen LogP contribution is 2.33. The number of nitrogens with zero attached hydrogens (tertiary/aromatic N) is 4. The molecule has 3 rings (SSSR count). The van der Waals surface area contributed by atoms with Crippen molar-refractivity contribution >= 4 is 39.7 Å². The topological polar surface area (TPSA) is 103 Å². The van der Waals surface area contributed by atoms with E-state index in [2.05, 4.69) is 15.4 Å². The average Bonchev–Trinajstić information content (AvgIpc) is 3.25. The molecule has 0 atom stereocenters. The summed E-state index contributed by atoms with van der Waals surface area (Å²) in [6, 6.07) is 3.07. The number of alkyl halides is 3.